The van der Waals surface area contributed by atoms with Gasteiger partial charge in [-0.1, -0.05) is 13.8 Å². The quantitative estimate of drug-likeness (QED) is 0.421. The van der Waals surface area contributed by atoms with Crippen LogP contribution in [0.25, 0.3) is 0 Å². The molecule has 0 saturated heterocycles. The lowest BCUT2D eigenvalue weighted by Crippen LogP contribution is -2.35. The van der Waals surface area contributed by atoms with Crippen LogP contribution in [0, 0.1) is 0 Å². The summed E-state index contributed by atoms with van der Waals surface area (Å²) >= 11 is 0. The van der Waals surface area contributed by atoms with E-state index in [2.05, 4.69) is 24.2 Å². The number of nitrogens with one attached hydrogen (secondary N) is 1. The first-order chi connectivity index (χ1) is 5.35. The molecule has 3 nitrogen and oxygen atoms in total. The molecule has 0 aromatic carbocycles. The summed E-state index contributed by atoms with van der Waals surface area (Å²) in [6.45, 7) is 8.75. The number of nitrogens with zero attached hydrogens (tertiary/aromatic N) is 1. The SMILES string of the molecule is CCCN(CCC)CCNN. The van der Waals surface area contributed by atoms with Crippen LogP contribution in [0.1, 0.15) is 26.7 Å². The first-order valence-electron chi connectivity index (χ1n) is 4.51. The maximum absolute atomic E-state index is 5.19. The van der Waals surface area contributed by atoms with Gasteiger partial charge in [0.15, 0.2) is 0 Å². The summed E-state index contributed by atoms with van der Waals surface area (Å²) in [7, 11) is 0. The van der Waals surface area contributed by atoms with Gasteiger partial charge in [-0.05, 0) is 25.9 Å². The van der Waals surface area contributed by atoms with Gasteiger partial charge in [0.25, 0.3) is 0 Å². The molecular formula is C8H21N3. The normalized spacial score (nSPS) is 10.9. The maximum Gasteiger partial charge on any atom is 0.0225 e. The summed E-state index contributed by atoms with van der Waals surface area (Å²) < 4.78 is 0. The van der Waals surface area contributed by atoms with Crippen molar-refractivity contribution in [1.82, 2.24) is 10.3 Å². The third kappa shape index (κ3) is 6.28. The molecule has 0 heterocycles. The van der Waals surface area contributed by atoms with Crippen molar-refractivity contribution in [1.29, 1.82) is 0 Å². The van der Waals surface area contributed by atoms with Gasteiger partial charge in [-0.3, -0.25) is 11.3 Å². The highest BCUT2D eigenvalue weighted by Crippen LogP contribution is 1.91. The van der Waals surface area contributed by atoms with Gasteiger partial charge in [-0.2, -0.15) is 0 Å². The van der Waals surface area contributed by atoms with E-state index in [1.165, 1.54) is 25.9 Å². The van der Waals surface area contributed by atoms with E-state index >= 15 is 0 Å². The monoisotopic (exact) mass is 159 g/mol. The Bertz CT molecular complexity index is 69.7. The Morgan fingerprint density at radius 1 is 1.09 bits per heavy atom. The standard InChI is InChI=1S/C8H21N3/c1-3-6-11(7-4-2)8-5-10-9/h10H,3-9H2,1-2H3. The van der Waals surface area contributed by atoms with Gasteiger partial charge < -0.3 is 4.90 Å². The van der Waals surface area contributed by atoms with Crippen molar-refractivity contribution in [2.24, 2.45) is 5.84 Å². The minimum absolute atomic E-state index is 0.889. The lowest BCUT2D eigenvalue weighted by Gasteiger charge is -2.20. The van der Waals surface area contributed by atoms with Crippen molar-refractivity contribution < 1.29 is 0 Å². The van der Waals surface area contributed by atoms with Crippen LogP contribution >= 0.6 is 0 Å². The molecule has 3 N–H and O–H groups in total. The molecule has 0 amide bonds. The van der Waals surface area contributed by atoms with E-state index in [1.54, 1.807) is 0 Å². The number of hydrazine groups is 1. The number of rotatable bonds is 7. The predicted octanol–water partition coefficient (Wildman–Crippen LogP) is 0.572. The Labute approximate surface area is 69.9 Å². The van der Waals surface area contributed by atoms with Gasteiger partial charge in [0.05, 0.1) is 0 Å². The Balaban J connectivity index is 3.34. The second-order valence-corrected chi connectivity index (χ2v) is 2.80. The zero-order valence-electron chi connectivity index (χ0n) is 7.77. The molecule has 11 heavy (non-hydrogen) atoms. The lowest BCUT2D eigenvalue weighted by molar-refractivity contribution is 0.274. The largest absolute Gasteiger partial charge is 0.302 e. The third-order valence-electron chi connectivity index (χ3n) is 1.65. The van der Waals surface area contributed by atoms with E-state index in [9.17, 15) is 0 Å². The molecule has 0 aromatic heterocycles. The molecule has 3 heteroatoms. The van der Waals surface area contributed by atoms with E-state index in [0.29, 0.717) is 0 Å². The van der Waals surface area contributed by atoms with Crippen LogP contribution in [0.15, 0.2) is 0 Å². The minimum atomic E-state index is 0.889. The van der Waals surface area contributed by atoms with E-state index in [-0.39, 0.29) is 0 Å². The minimum Gasteiger partial charge on any atom is -0.302 e. The Morgan fingerprint density at radius 2 is 1.64 bits per heavy atom. The molecule has 0 spiro atoms. The molecular weight excluding hydrogens is 138 g/mol. The molecule has 0 aromatic rings. The lowest BCUT2D eigenvalue weighted by atomic mass is 10.3. The average Bonchev–Trinajstić information content (AvgIpc) is 2.01. The van der Waals surface area contributed by atoms with E-state index in [0.717, 1.165) is 13.1 Å². The topological polar surface area (TPSA) is 41.3 Å². The molecule has 0 bridgehead atoms. The molecule has 0 aliphatic carbocycles. The van der Waals surface area contributed by atoms with Crippen LogP contribution < -0.4 is 11.3 Å². The van der Waals surface area contributed by atoms with E-state index in [1.807, 2.05) is 0 Å². The summed E-state index contributed by atoms with van der Waals surface area (Å²) in [5, 5.41) is 0. The van der Waals surface area contributed by atoms with E-state index < -0.39 is 0 Å². The second kappa shape index (κ2) is 7.98. The van der Waals surface area contributed by atoms with Gasteiger partial charge in [0.2, 0.25) is 0 Å². The maximum atomic E-state index is 5.19. The summed E-state index contributed by atoms with van der Waals surface area (Å²) in [4.78, 5) is 2.43. The zero-order chi connectivity index (χ0) is 8.53. The van der Waals surface area contributed by atoms with Crippen LogP contribution in [-0.4, -0.2) is 31.1 Å². The molecule has 0 saturated carbocycles. The summed E-state index contributed by atoms with van der Waals surface area (Å²) in [5.74, 6) is 5.19. The van der Waals surface area contributed by atoms with Gasteiger partial charge >= 0.3 is 0 Å². The van der Waals surface area contributed by atoms with Crippen LogP contribution in [0.4, 0.5) is 0 Å². The predicted molar refractivity (Wildman–Crippen MR) is 49.2 cm³/mol. The first-order valence-corrected chi connectivity index (χ1v) is 4.51. The van der Waals surface area contributed by atoms with Crippen molar-refractivity contribution in [3.8, 4) is 0 Å². The summed E-state index contributed by atoms with van der Waals surface area (Å²) in [6.07, 6.45) is 2.45. The second-order valence-electron chi connectivity index (χ2n) is 2.80. The van der Waals surface area contributed by atoms with E-state index in [4.69, 9.17) is 5.84 Å². The Morgan fingerprint density at radius 3 is 2.00 bits per heavy atom. The van der Waals surface area contributed by atoms with Gasteiger partial charge in [0, 0.05) is 13.1 Å². The molecule has 0 aliphatic rings. The highest BCUT2D eigenvalue weighted by atomic mass is 15.2. The Hall–Kier alpha value is -0.120. The van der Waals surface area contributed by atoms with Gasteiger partial charge in [-0.15, -0.1) is 0 Å². The number of hydrogen-bond donors (Lipinski definition) is 2. The molecule has 0 unspecified atom stereocenters. The summed E-state index contributed by atoms with van der Waals surface area (Å²) in [5.41, 5.74) is 2.67. The number of hydrogen-bond acceptors (Lipinski definition) is 3. The summed E-state index contributed by atoms with van der Waals surface area (Å²) in [6, 6.07) is 0. The molecule has 0 radical (unpaired) electrons. The van der Waals surface area contributed by atoms with Crippen molar-refractivity contribution >= 4 is 0 Å². The number of nitrogens with two attached hydrogens (primary N) is 1. The van der Waals surface area contributed by atoms with Gasteiger partial charge in [0.1, 0.15) is 0 Å². The fraction of sp³-hybridized carbons (Fsp3) is 1.00. The molecule has 0 aliphatic heterocycles. The fourth-order valence-corrected chi connectivity index (χ4v) is 1.19. The molecule has 0 rings (SSSR count). The fourth-order valence-electron chi connectivity index (χ4n) is 1.19. The zero-order valence-corrected chi connectivity index (χ0v) is 7.77. The first kappa shape index (κ1) is 10.9. The smallest absolute Gasteiger partial charge is 0.0225 e. The van der Waals surface area contributed by atoms with Crippen LogP contribution in [0.5, 0.6) is 0 Å². The van der Waals surface area contributed by atoms with Gasteiger partial charge in [-0.25, -0.2) is 0 Å². The molecule has 0 fully saturated rings. The van der Waals surface area contributed by atoms with Crippen molar-refractivity contribution in [2.45, 2.75) is 26.7 Å². The third-order valence-corrected chi connectivity index (χ3v) is 1.65. The molecule has 68 valence electrons. The highest BCUT2D eigenvalue weighted by Gasteiger charge is 1.99. The average molecular weight is 159 g/mol. The Kier molecular flexibility index (Phi) is 7.89. The molecule has 0 atom stereocenters. The van der Waals surface area contributed by atoms with Crippen molar-refractivity contribution in [2.75, 3.05) is 26.2 Å². The van der Waals surface area contributed by atoms with Crippen molar-refractivity contribution in [3.05, 3.63) is 0 Å². The highest BCUT2D eigenvalue weighted by molar-refractivity contribution is 4.56. The van der Waals surface area contributed by atoms with Crippen LogP contribution in [0.2, 0.25) is 0 Å². The van der Waals surface area contributed by atoms with Crippen molar-refractivity contribution in [3.63, 3.8) is 0 Å². The van der Waals surface area contributed by atoms with Crippen LogP contribution in [0.3, 0.4) is 0 Å². The van der Waals surface area contributed by atoms with Crippen LogP contribution in [-0.2, 0) is 0 Å².